The van der Waals surface area contributed by atoms with E-state index in [2.05, 4.69) is 6.07 Å². The van der Waals surface area contributed by atoms with Crippen LogP contribution in [0.2, 0.25) is 0 Å². The molecular weight excluding hydrogens is 467 g/mol. The van der Waals surface area contributed by atoms with E-state index in [1.54, 1.807) is 6.07 Å². The van der Waals surface area contributed by atoms with Gasteiger partial charge in [0.2, 0.25) is 0 Å². The Morgan fingerprint density at radius 2 is 1.69 bits per heavy atom. The Morgan fingerprint density at radius 1 is 0.917 bits per heavy atom. The maximum absolute atomic E-state index is 14.6. The molecular formula is C28H29FO7. The molecule has 3 aromatic carbocycles. The normalized spacial score (nSPS) is 27.6. The van der Waals surface area contributed by atoms with Crippen LogP contribution in [0.3, 0.4) is 0 Å². The predicted octanol–water partition coefficient (Wildman–Crippen LogP) is 2.58. The van der Waals surface area contributed by atoms with Gasteiger partial charge in [-0.25, -0.2) is 4.39 Å². The van der Waals surface area contributed by atoms with Crippen molar-refractivity contribution in [2.75, 3.05) is 13.2 Å². The number of halogens is 1. The topological polar surface area (TPSA) is 109 Å². The molecule has 2 heterocycles. The standard InChI is InChI=1S/C28H29FO7/c29-22-10-7-17(28-27(33)26(32)25(31)23(13-30)36-28)12-19(22)11-16-5-8-20(9-6-16)34-15-24-21-4-2-1-3-18(21)14-35-24/h1-10,12,23-28,30-33H,11,13-15H2/t23-,24?,25-,26+,27-,28+/m1/s1. The molecule has 0 bridgehead atoms. The molecule has 2 aliphatic heterocycles. The SMILES string of the molecule is OC[C@H]1O[C@@H](c2ccc(F)c(Cc3ccc(OCC4OCc5ccccc54)cc3)c2)[C@H](O)[C@@H](O)[C@@H]1O. The molecule has 1 fully saturated rings. The minimum atomic E-state index is -1.50. The maximum atomic E-state index is 14.6. The van der Waals surface area contributed by atoms with Gasteiger partial charge in [-0.1, -0.05) is 42.5 Å². The zero-order valence-corrected chi connectivity index (χ0v) is 19.5. The average molecular weight is 497 g/mol. The van der Waals surface area contributed by atoms with Crippen molar-refractivity contribution in [1.82, 2.24) is 0 Å². The Labute approximate surface area is 208 Å². The van der Waals surface area contributed by atoms with Crippen LogP contribution in [-0.4, -0.2) is 58.1 Å². The summed E-state index contributed by atoms with van der Waals surface area (Å²) in [5.41, 5.74) is 4.00. The lowest BCUT2D eigenvalue weighted by molar-refractivity contribution is -0.231. The summed E-state index contributed by atoms with van der Waals surface area (Å²) >= 11 is 0. The lowest BCUT2D eigenvalue weighted by Gasteiger charge is -2.40. The quantitative estimate of drug-likeness (QED) is 0.398. The van der Waals surface area contributed by atoms with Crippen LogP contribution in [0.4, 0.5) is 4.39 Å². The fourth-order valence-electron chi connectivity index (χ4n) is 4.78. The Balaban J connectivity index is 1.25. The minimum Gasteiger partial charge on any atom is -0.491 e. The first-order chi connectivity index (χ1) is 17.4. The molecule has 3 aromatic rings. The van der Waals surface area contributed by atoms with Crippen LogP contribution in [0.1, 0.15) is 40.0 Å². The highest BCUT2D eigenvalue weighted by molar-refractivity contribution is 5.36. The monoisotopic (exact) mass is 496 g/mol. The summed E-state index contributed by atoms with van der Waals surface area (Å²) in [7, 11) is 0. The van der Waals surface area contributed by atoms with Gasteiger partial charge in [0.15, 0.2) is 0 Å². The van der Waals surface area contributed by atoms with Gasteiger partial charge in [0.25, 0.3) is 0 Å². The van der Waals surface area contributed by atoms with Crippen molar-refractivity contribution in [3.05, 3.63) is 100 Å². The summed E-state index contributed by atoms with van der Waals surface area (Å²) in [5, 5.41) is 39.9. The molecule has 0 radical (unpaired) electrons. The smallest absolute Gasteiger partial charge is 0.126 e. The van der Waals surface area contributed by atoms with Crippen molar-refractivity contribution in [3.63, 3.8) is 0 Å². The molecule has 190 valence electrons. The van der Waals surface area contributed by atoms with Crippen LogP contribution < -0.4 is 4.74 Å². The zero-order valence-electron chi connectivity index (χ0n) is 19.5. The number of rotatable bonds is 7. The zero-order chi connectivity index (χ0) is 25.2. The van der Waals surface area contributed by atoms with Gasteiger partial charge in [-0.3, -0.25) is 0 Å². The number of fused-ring (bicyclic) bond motifs is 1. The first kappa shape index (κ1) is 24.8. The number of hydrogen-bond acceptors (Lipinski definition) is 7. The summed E-state index contributed by atoms with van der Waals surface area (Å²) < 4.78 is 32.0. The van der Waals surface area contributed by atoms with Crippen molar-refractivity contribution in [2.45, 2.75) is 49.7 Å². The van der Waals surface area contributed by atoms with Gasteiger partial charge < -0.3 is 34.6 Å². The van der Waals surface area contributed by atoms with Crippen LogP contribution in [0, 0.1) is 5.82 Å². The first-order valence-electron chi connectivity index (χ1n) is 11.9. The molecule has 36 heavy (non-hydrogen) atoms. The van der Waals surface area contributed by atoms with E-state index in [9.17, 15) is 24.8 Å². The van der Waals surface area contributed by atoms with Crippen molar-refractivity contribution in [2.24, 2.45) is 0 Å². The van der Waals surface area contributed by atoms with Gasteiger partial charge in [0.1, 0.15) is 54.8 Å². The number of hydrogen-bond donors (Lipinski definition) is 4. The summed E-state index contributed by atoms with van der Waals surface area (Å²) in [6.07, 6.45) is -6.23. The molecule has 0 saturated carbocycles. The van der Waals surface area contributed by atoms with Crippen LogP contribution in [0.15, 0.2) is 66.7 Å². The largest absolute Gasteiger partial charge is 0.491 e. The van der Waals surface area contributed by atoms with E-state index in [4.69, 9.17) is 14.2 Å². The molecule has 1 saturated heterocycles. The molecule has 5 rings (SSSR count). The fraction of sp³-hybridized carbons (Fsp3) is 0.357. The number of aliphatic hydroxyl groups excluding tert-OH is 4. The summed E-state index contributed by atoms with van der Waals surface area (Å²) in [6, 6.07) is 19.8. The fourth-order valence-corrected chi connectivity index (χ4v) is 4.78. The summed E-state index contributed by atoms with van der Waals surface area (Å²) in [6.45, 7) is 0.451. The highest BCUT2D eigenvalue weighted by Gasteiger charge is 2.44. The Morgan fingerprint density at radius 3 is 2.47 bits per heavy atom. The molecule has 0 spiro atoms. The number of ether oxygens (including phenoxy) is 3. The van der Waals surface area contributed by atoms with E-state index in [-0.39, 0.29) is 12.5 Å². The Kier molecular flexibility index (Phi) is 7.34. The van der Waals surface area contributed by atoms with E-state index in [1.807, 2.05) is 42.5 Å². The third kappa shape index (κ3) is 5.01. The third-order valence-corrected chi connectivity index (χ3v) is 6.85. The van der Waals surface area contributed by atoms with E-state index in [1.165, 1.54) is 17.7 Å². The van der Waals surface area contributed by atoms with Crippen LogP contribution >= 0.6 is 0 Å². The lowest BCUT2D eigenvalue weighted by Crippen LogP contribution is -2.55. The maximum Gasteiger partial charge on any atom is 0.126 e. The number of benzene rings is 3. The molecule has 6 atom stereocenters. The number of aliphatic hydroxyl groups is 4. The lowest BCUT2D eigenvalue weighted by atomic mass is 9.90. The van der Waals surface area contributed by atoms with Gasteiger partial charge in [-0.15, -0.1) is 0 Å². The second kappa shape index (κ2) is 10.6. The third-order valence-electron chi connectivity index (χ3n) is 6.85. The van der Waals surface area contributed by atoms with Gasteiger partial charge in [-0.05, 0) is 52.1 Å². The Bertz CT molecular complexity index is 1180. The van der Waals surface area contributed by atoms with Crippen molar-refractivity contribution in [1.29, 1.82) is 0 Å². The Hall–Kier alpha value is -2.85. The molecule has 8 heteroatoms. The van der Waals surface area contributed by atoms with Gasteiger partial charge in [0, 0.05) is 6.42 Å². The molecule has 4 N–H and O–H groups in total. The van der Waals surface area contributed by atoms with Crippen molar-refractivity contribution < 1.29 is 39.0 Å². The molecule has 0 aliphatic carbocycles. The van der Waals surface area contributed by atoms with Gasteiger partial charge >= 0.3 is 0 Å². The minimum absolute atomic E-state index is 0.111. The average Bonchev–Trinajstić information content (AvgIpc) is 3.32. The van der Waals surface area contributed by atoms with E-state index in [0.29, 0.717) is 30.1 Å². The van der Waals surface area contributed by atoms with E-state index in [0.717, 1.165) is 11.1 Å². The summed E-state index contributed by atoms with van der Waals surface area (Å²) in [5.74, 6) is 0.267. The van der Waals surface area contributed by atoms with Gasteiger partial charge in [0.05, 0.1) is 13.2 Å². The van der Waals surface area contributed by atoms with Crippen molar-refractivity contribution >= 4 is 0 Å². The van der Waals surface area contributed by atoms with Crippen molar-refractivity contribution in [3.8, 4) is 5.75 Å². The first-order valence-corrected chi connectivity index (χ1v) is 11.9. The molecule has 0 aromatic heterocycles. The second-order valence-corrected chi connectivity index (χ2v) is 9.23. The summed E-state index contributed by atoms with van der Waals surface area (Å²) in [4.78, 5) is 0. The van der Waals surface area contributed by atoms with Gasteiger partial charge in [-0.2, -0.15) is 0 Å². The van der Waals surface area contributed by atoms with Crippen LogP contribution in [-0.2, 0) is 22.5 Å². The molecule has 0 amide bonds. The van der Waals surface area contributed by atoms with Crippen LogP contribution in [0.5, 0.6) is 5.75 Å². The highest BCUT2D eigenvalue weighted by Crippen LogP contribution is 2.34. The molecule has 2 aliphatic rings. The molecule has 1 unspecified atom stereocenters. The predicted molar refractivity (Wildman–Crippen MR) is 128 cm³/mol. The highest BCUT2D eigenvalue weighted by atomic mass is 19.1. The molecule has 7 nitrogen and oxygen atoms in total. The van der Waals surface area contributed by atoms with E-state index < -0.39 is 42.9 Å². The second-order valence-electron chi connectivity index (χ2n) is 9.23. The van der Waals surface area contributed by atoms with Crippen LogP contribution in [0.25, 0.3) is 0 Å². The van der Waals surface area contributed by atoms with E-state index >= 15 is 0 Å².